The normalized spacial score (nSPS) is 12.6. The van der Waals surface area contributed by atoms with Crippen LogP contribution in [0.1, 0.15) is 17.3 Å². The number of hydrogen-bond acceptors (Lipinski definition) is 4. The van der Waals surface area contributed by atoms with E-state index in [9.17, 15) is 4.79 Å². The number of rotatable bonds is 2. The van der Waals surface area contributed by atoms with E-state index in [1.165, 1.54) is 6.07 Å². The van der Waals surface area contributed by atoms with Crippen LogP contribution in [0, 0.1) is 0 Å². The standard InChI is InChI=1S/C7H7Cl2N3O/c1-3(10)6(13)4-2-5(8)11-12-7(4)9/h2-3H,10H2,1H3. The highest BCUT2D eigenvalue weighted by Crippen LogP contribution is 2.16. The fourth-order valence-electron chi connectivity index (χ4n) is 0.771. The van der Waals surface area contributed by atoms with Crippen molar-refractivity contribution >= 4 is 29.0 Å². The smallest absolute Gasteiger partial charge is 0.182 e. The second-order valence-corrected chi connectivity index (χ2v) is 3.27. The third-order valence-corrected chi connectivity index (χ3v) is 1.86. The highest BCUT2D eigenvalue weighted by molar-refractivity contribution is 6.34. The lowest BCUT2D eigenvalue weighted by atomic mass is 10.1. The van der Waals surface area contributed by atoms with Gasteiger partial charge in [-0.15, -0.1) is 10.2 Å². The van der Waals surface area contributed by atoms with Crippen molar-refractivity contribution in [3.05, 3.63) is 21.9 Å². The maximum atomic E-state index is 11.4. The summed E-state index contributed by atoms with van der Waals surface area (Å²) >= 11 is 11.2. The Morgan fingerprint density at radius 1 is 1.54 bits per heavy atom. The second kappa shape index (κ2) is 4.00. The van der Waals surface area contributed by atoms with Gasteiger partial charge < -0.3 is 5.73 Å². The summed E-state index contributed by atoms with van der Waals surface area (Å²) in [7, 11) is 0. The molecule has 0 aliphatic rings. The Morgan fingerprint density at radius 3 is 2.69 bits per heavy atom. The van der Waals surface area contributed by atoms with Crippen LogP contribution >= 0.6 is 23.2 Å². The molecule has 13 heavy (non-hydrogen) atoms. The van der Waals surface area contributed by atoms with Crippen LogP contribution in [0.15, 0.2) is 6.07 Å². The molecule has 0 aliphatic carbocycles. The molecule has 0 spiro atoms. The fourth-order valence-corrected chi connectivity index (χ4v) is 1.10. The predicted molar refractivity (Wildman–Crippen MR) is 50.0 cm³/mol. The Balaban J connectivity index is 3.13. The molecule has 4 nitrogen and oxygen atoms in total. The molecule has 1 heterocycles. The first-order chi connectivity index (χ1) is 6.02. The van der Waals surface area contributed by atoms with E-state index >= 15 is 0 Å². The van der Waals surface area contributed by atoms with Crippen molar-refractivity contribution in [2.75, 3.05) is 0 Å². The van der Waals surface area contributed by atoms with E-state index in [0.29, 0.717) is 0 Å². The average Bonchev–Trinajstić information content (AvgIpc) is 2.08. The quantitative estimate of drug-likeness (QED) is 0.763. The third kappa shape index (κ3) is 2.37. The van der Waals surface area contributed by atoms with Crippen LogP contribution in [0.4, 0.5) is 0 Å². The molecule has 1 atom stereocenters. The summed E-state index contributed by atoms with van der Waals surface area (Å²) in [6.07, 6.45) is 0. The summed E-state index contributed by atoms with van der Waals surface area (Å²) in [6.45, 7) is 1.56. The average molecular weight is 220 g/mol. The highest BCUT2D eigenvalue weighted by Gasteiger charge is 2.16. The van der Waals surface area contributed by atoms with Crippen molar-refractivity contribution in [3.63, 3.8) is 0 Å². The molecule has 0 saturated carbocycles. The Bertz CT molecular complexity index is 341. The molecule has 1 unspecified atom stereocenters. The number of nitrogens with two attached hydrogens (primary N) is 1. The summed E-state index contributed by atoms with van der Waals surface area (Å²) in [6, 6.07) is 0.723. The van der Waals surface area contributed by atoms with Crippen LogP contribution in [-0.4, -0.2) is 22.0 Å². The summed E-state index contributed by atoms with van der Waals surface area (Å²) < 4.78 is 0. The largest absolute Gasteiger partial charge is 0.321 e. The monoisotopic (exact) mass is 219 g/mol. The van der Waals surface area contributed by atoms with E-state index < -0.39 is 6.04 Å². The van der Waals surface area contributed by atoms with Gasteiger partial charge in [-0.2, -0.15) is 0 Å². The number of ketones is 1. The Labute approximate surface area is 85.0 Å². The molecule has 0 bridgehead atoms. The van der Waals surface area contributed by atoms with Gasteiger partial charge in [0.1, 0.15) is 0 Å². The van der Waals surface area contributed by atoms with Gasteiger partial charge in [0.05, 0.1) is 11.6 Å². The molecule has 0 aliphatic heterocycles. The lowest BCUT2D eigenvalue weighted by Crippen LogP contribution is -2.27. The zero-order valence-corrected chi connectivity index (χ0v) is 8.30. The molecule has 1 rings (SSSR count). The van der Waals surface area contributed by atoms with E-state index in [-0.39, 0.29) is 21.7 Å². The van der Waals surface area contributed by atoms with Crippen LogP contribution < -0.4 is 5.73 Å². The molecule has 0 aromatic carbocycles. The highest BCUT2D eigenvalue weighted by atomic mass is 35.5. The molecule has 1 aromatic rings. The number of aromatic nitrogens is 2. The van der Waals surface area contributed by atoms with Crippen molar-refractivity contribution < 1.29 is 4.79 Å². The van der Waals surface area contributed by atoms with Crippen LogP contribution in [0.2, 0.25) is 10.3 Å². The SMILES string of the molecule is CC(N)C(=O)c1cc(Cl)nnc1Cl. The van der Waals surface area contributed by atoms with Gasteiger partial charge in [0.25, 0.3) is 0 Å². The van der Waals surface area contributed by atoms with Crippen LogP contribution in [0.3, 0.4) is 0 Å². The Morgan fingerprint density at radius 2 is 2.15 bits per heavy atom. The Hall–Kier alpha value is -0.710. The minimum atomic E-state index is -0.627. The second-order valence-electron chi connectivity index (χ2n) is 2.52. The summed E-state index contributed by atoms with van der Waals surface area (Å²) in [4.78, 5) is 11.4. The minimum Gasteiger partial charge on any atom is -0.321 e. The van der Waals surface area contributed by atoms with Gasteiger partial charge in [0.15, 0.2) is 16.1 Å². The molecular weight excluding hydrogens is 213 g/mol. The molecule has 70 valence electrons. The third-order valence-electron chi connectivity index (χ3n) is 1.40. The zero-order chi connectivity index (χ0) is 10.0. The minimum absolute atomic E-state index is 0.0201. The first-order valence-corrected chi connectivity index (χ1v) is 4.26. The van der Waals surface area contributed by atoms with E-state index in [2.05, 4.69) is 10.2 Å². The first kappa shape index (κ1) is 10.4. The summed E-state index contributed by atoms with van der Waals surface area (Å²) in [5, 5.41) is 7.10. The van der Waals surface area contributed by atoms with Crippen molar-refractivity contribution in [1.29, 1.82) is 0 Å². The van der Waals surface area contributed by atoms with E-state index in [0.717, 1.165) is 0 Å². The van der Waals surface area contributed by atoms with Crippen molar-refractivity contribution in [2.45, 2.75) is 13.0 Å². The van der Waals surface area contributed by atoms with Crippen LogP contribution in [0.25, 0.3) is 0 Å². The lowest BCUT2D eigenvalue weighted by Gasteiger charge is -2.04. The molecule has 1 aromatic heterocycles. The van der Waals surface area contributed by atoms with Gasteiger partial charge in [0, 0.05) is 0 Å². The van der Waals surface area contributed by atoms with Gasteiger partial charge in [-0.1, -0.05) is 23.2 Å². The molecule has 0 radical (unpaired) electrons. The molecule has 0 saturated heterocycles. The summed E-state index contributed by atoms with van der Waals surface area (Å²) in [5.74, 6) is -0.304. The van der Waals surface area contributed by atoms with Crippen molar-refractivity contribution in [3.8, 4) is 0 Å². The van der Waals surface area contributed by atoms with E-state index in [1.54, 1.807) is 6.92 Å². The van der Waals surface area contributed by atoms with Gasteiger partial charge in [-0.3, -0.25) is 4.79 Å². The maximum absolute atomic E-state index is 11.4. The molecule has 0 fully saturated rings. The topological polar surface area (TPSA) is 68.9 Å². The van der Waals surface area contributed by atoms with Gasteiger partial charge in [0.2, 0.25) is 0 Å². The molecule has 6 heteroatoms. The number of Topliss-reactive ketones (excluding diaryl/α,β-unsaturated/α-hetero) is 1. The lowest BCUT2D eigenvalue weighted by molar-refractivity contribution is 0.0967. The van der Waals surface area contributed by atoms with Gasteiger partial charge in [-0.25, -0.2) is 0 Å². The van der Waals surface area contributed by atoms with Crippen molar-refractivity contribution in [2.24, 2.45) is 5.73 Å². The van der Waals surface area contributed by atoms with E-state index in [4.69, 9.17) is 28.9 Å². The number of halogens is 2. The number of hydrogen-bond donors (Lipinski definition) is 1. The maximum Gasteiger partial charge on any atom is 0.182 e. The van der Waals surface area contributed by atoms with Gasteiger partial charge >= 0.3 is 0 Å². The van der Waals surface area contributed by atoms with Gasteiger partial charge in [-0.05, 0) is 13.0 Å². The molecular formula is C7H7Cl2N3O. The number of nitrogens with zero attached hydrogens (tertiary/aromatic N) is 2. The fraction of sp³-hybridized carbons (Fsp3) is 0.286. The summed E-state index contributed by atoms with van der Waals surface area (Å²) in [5.41, 5.74) is 5.59. The molecule has 0 amide bonds. The predicted octanol–water partition coefficient (Wildman–Crippen LogP) is 1.31. The van der Waals surface area contributed by atoms with Crippen LogP contribution in [-0.2, 0) is 0 Å². The molecule has 2 N–H and O–H groups in total. The van der Waals surface area contributed by atoms with E-state index in [1.807, 2.05) is 0 Å². The number of carbonyl (C=O) groups is 1. The first-order valence-electron chi connectivity index (χ1n) is 3.51. The van der Waals surface area contributed by atoms with Crippen LogP contribution in [0.5, 0.6) is 0 Å². The van der Waals surface area contributed by atoms with Crippen molar-refractivity contribution in [1.82, 2.24) is 10.2 Å². The number of carbonyl (C=O) groups excluding carboxylic acids is 1. The Kier molecular flexibility index (Phi) is 3.19. The zero-order valence-electron chi connectivity index (χ0n) is 6.79.